The van der Waals surface area contributed by atoms with Crippen LogP contribution in [0, 0.1) is 0 Å². The molecule has 0 spiro atoms. The van der Waals surface area contributed by atoms with Gasteiger partial charge in [-0.1, -0.05) is 13.0 Å². The fourth-order valence-corrected chi connectivity index (χ4v) is 2.69. The monoisotopic (exact) mass is 395 g/mol. The molecule has 0 bridgehead atoms. The van der Waals surface area contributed by atoms with Crippen molar-refractivity contribution in [3.05, 3.63) is 44.8 Å². The summed E-state index contributed by atoms with van der Waals surface area (Å²) >= 11 is 3.32. The Morgan fingerprint density at radius 1 is 1.38 bits per heavy atom. The first-order valence-electron chi connectivity index (χ1n) is 7.77. The van der Waals surface area contributed by atoms with Gasteiger partial charge in [0.05, 0.1) is 25.6 Å². The Bertz CT molecular complexity index is 761. The Morgan fingerprint density at radius 3 is 2.79 bits per heavy atom. The summed E-state index contributed by atoms with van der Waals surface area (Å²) < 4.78 is 12.8. The number of nitrogens with zero attached hydrogens (tertiary/aromatic N) is 2. The predicted molar refractivity (Wildman–Crippen MR) is 98.0 cm³/mol. The van der Waals surface area contributed by atoms with Crippen molar-refractivity contribution in [3.8, 4) is 11.5 Å². The van der Waals surface area contributed by atoms with Crippen LogP contribution in [0.15, 0.2) is 33.7 Å². The SMILES string of the molecule is CCCOc1ccc(C(C)Nc2cnn(C)c(=O)c2Br)cc1OC. The zero-order valence-corrected chi connectivity index (χ0v) is 15.9. The van der Waals surface area contributed by atoms with E-state index in [1.165, 1.54) is 4.68 Å². The van der Waals surface area contributed by atoms with E-state index in [4.69, 9.17) is 9.47 Å². The maximum absolute atomic E-state index is 11.9. The molecule has 1 unspecified atom stereocenters. The molecule has 1 heterocycles. The normalized spacial score (nSPS) is 11.9. The van der Waals surface area contributed by atoms with Crippen LogP contribution in [0.2, 0.25) is 0 Å². The lowest BCUT2D eigenvalue weighted by atomic mass is 10.1. The molecule has 130 valence electrons. The minimum Gasteiger partial charge on any atom is -0.493 e. The van der Waals surface area contributed by atoms with Crippen LogP contribution >= 0.6 is 15.9 Å². The lowest BCUT2D eigenvalue weighted by Crippen LogP contribution is -2.22. The number of anilines is 1. The molecule has 0 saturated heterocycles. The first kappa shape index (κ1) is 18.3. The zero-order valence-electron chi connectivity index (χ0n) is 14.3. The second-order valence-electron chi connectivity index (χ2n) is 5.43. The molecule has 2 rings (SSSR count). The van der Waals surface area contributed by atoms with E-state index in [1.807, 2.05) is 25.1 Å². The summed E-state index contributed by atoms with van der Waals surface area (Å²) in [5.74, 6) is 1.42. The molecule has 24 heavy (non-hydrogen) atoms. The molecular weight excluding hydrogens is 374 g/mol. The number of ether oxygens (including phenoxy) is 2. The molecular formula is C17H22BrN3O3. The number of nitrogens with one attached hydrogen (secondary N) is 1. The molecule has 0 aliphatic rings. The van der Waals surface area contributed by atoms with Gasteiger partial charge in [-0.05, 0) is 47.0 Å². The van der Waals surface area contributed by atoms with E-state index in [9.17, 15) is 4.79 Å². The molecule has 1 atom stereocenters. The highest BCUT2D eigenvalue weighted by molar-refractivity contribution is 9.10. The Morgan fingerprint density at radius 2 is 2.12 bits per heavy atom. The highest BCUT2D eigenvalue weighted by atomic mass is 79.9. The number of hydrogen-bond acceptors (Lipinski definition) is 5. The van der Waals surface area contributed by atoms with Crippen LogP contribution in [0.25, 0.3) is 0 Å². The molecule has 1 N–H and O–H groups in total. The first-order valence-corrected chi connectivity index (χ1v) is 8.56. The zero-order chi connectivity index (χ0) is 17.7. The lowest BCUT2D eigenvalue weighted by Gasteiger charge is -2.18. The molecule has 6 nitrogen and oxygen atoms in total. The quantitative estimate of drug-likeness (QED) is 0.776. The summed E-state index contributed by atoms with van der Waals surface area (Å²) in [5.41, 5.74) is 1.48. The number of aromatic nitrogens is 2. The topological polar surface area (TPSA) is 65.4 Å². The molecule has 1 aromatic heterocycles. The molecule has 0 aliphatic carbocycles. The van der Waals surface area contributed by atoms with Gasteiger partial charge >= 0.3 is 0 Å². The van der Waals surface area contributed by atoms with Crippen molar-refractivity contribution in [2.45, 2.75) is 26.3 Å². The van der Waals surface area contributed by atoms with E-state index < -0.39 is 0 Å². The van der Waals surface area contributed by atoms with Gasteiger partial charge < -0.3 is 14.8 Å². The smallest absolute Gasteiger partial charge is 0.282 e. The largest absolute Gasteiger partial charge is 0.493 e. The van der Waals surface area contributed by atoms with Crippen LogP contribution in [0.4, 0.5) is 5.69 Å². The fraction of sp³-hybridized carbons (Fsp3) is 0.412. The van der Waals surface area contributed by atoms with Crippen LogP contribution in [0.3, 0.4) is 0 Å². The molecule has 0 amide bonds. The first-order chi connectivity index (χ1) is 11.5. The molecule has 0 saturated carbocycles. The molecule has 7 heteroatoms. The van der Waals surface area contributed by atoms with Gasteiger partial charge in [0.2, 0.25) is 0 Å². The lowest BCUT2D eigenvalue weighted by molar-refractivity contribution is 0.294. The van der Waals surface area contributed by atoms with E-state index in [0.717, 1.165) is 17.7 Å². The third-order valence-electron chi connectivity index (χ3n) is 3.60. The second kappa shape index (κ2) is 8.19. The van der Waals surface area contributed by atoms with Gasteiger partial charge in [0.1, 0.15) is 4.47 Å². The maximum Gasteiger partial charge on any atom is 0.282 e. The summed E-state index contributed by atoms with van der Waals surface area (Å²) in [7, 11) is 3.23. The highest BCUT2D eigenvalue weighted by Gasteiger charge is 2.13. The van der Waals surface area contributed by atoms with Crippen LogP contribution in [0.5, 0.6) is 11.5 Å². The molecule has 2 aromatic rings. The Hall–Kier alpha value is -2.02. The van der Waals surface area contributed by atoms with Gasteiger partial charge in [-0.3, -0.25) is 4.79 Å². The standard InChI is InChI=1S/C17H22BrN3O3/c1-5-8-24-14-7-6-12(9-15(14)23-4)11(2)20-13-10-19-21(3)17(22)16(13)18/h6-7,9-11,20H,5,8H2,1-4H3. The van der Waals surface area contributed by atoms with Crippen molar-refractivity contribution in [3.63, 3.8) is 0 Å². The van der Waals surface area contributed by atoms with Crippen molar-refractivity contribution >= 4 is 21.6 Å². The average molecular weight is 396 g/mol. The van der Waals surface area contributed by atoms with E-state index in [2.05, 4.69) is 33.3 Å². The van der Waals surface area contributed by atoms with E-state index >= 15 is 0 Å². The van der Waals surface area contributed by atoms with Crippen LogP contribution in [-0.4, -0.2) is 23.5 Å². The third-order valence-corrected chi connectivity index (χ3v) is 4.37. The van der Waals surface area contributed by atoms with E-state index in [0.29, 0.717) is 22.5 Å². The van der Waals surface area contributed by atoms with Crippen LogP contribution < -0.4 is 20.3 Å². The number of halogens is 1. The number of hydrogen-bond donors (Lipinski definition) is 1. The molecule has 0 aliphatic heterocycles. The minimum atomic E-state index is -0.187. The Balaban J connectivity index is 2.22. The minimum absolute atomic E-state index is 0.0377. The number of benzene rings is 1. The second-order valence-corrected chi connectivity index (χ2v) is 6.22. The van der Waals surface area contributed by atoms with E-state index in [-0.39, 0.29) is 11.6 Å². The van der Waals surface area contributed by atoms with Crippen molar-refractivity contribution in [2.24, 2.45) is 7.05 Å². The molecule has 1 aromatic carbocycles. The molecule has 0 radical (unpaired) electrons. The van der Waals surface area contributed by atoms with Crippen LogP contribution in [0.1, 0.15) is 31.9 Å². The van der Waals surface area contributed by atoms with Gasteiger partial charge in [0.15, 0.2) is 11.5 Å². The van der Waals surface area contributed by atoms with Crippen LogP contribution in [-0.2, 0) is 7.05 Å². The summed E-state index contributed by atoms with van der Waals surface area (Å²) in [6.45, 7) is 4.71. The molecule has 0 fully saturated rings. The number of aryl methyl sites for hydroxylation is 1. The van der Waals surface area contributed by atoms with Gasteiger partial charge in [0.25, 0.3) is 5.56 Å². The average Bonchev–Trinajstić information content (AvgIpc) is 2.60. The number of rotatable bonds is 7. The Kier molecular flexibility index (Phi) is 6.25. The third kappa shape index (κ3) is 4.08. The maximum atomic E-state index is 11.9. The highest BCUT2D eigenvalue weighted by Crippen LogP contribution is 2.32. The summed E-state index contributed by atoms with van der Waals surface area (Å²) in [4.78, 5) is 11.9. The Labute approximate surface area is 149 Å². The fourth-order valence-electron chi connectivity index (χ4n) is 2.21. The van der Waals surface area contributed by atoms with Gasteiger partial charge in [-0.25, -0.2) is 4.68 Å². The van der Waals surface area contributed by atoms with Crippen molar-refractivity contribution < 1.29 is 9.47 Å². The van der Waals surface area contributed by atoms with E-state index in [1.54, 1.807) is 20.4 Å². The van der Waals surface area contributed by atoms with Crippen molar-refractivity contribution in [1.82, 2.24) is 9.78 Å². The van der Waals surface area contributed by atoms with Crippen molar-refractivity contribution in [1.29, 1.82) is 0 Å². The van der Waals surface area contributed by atoms with Gasteiger partial charge in [0, 0.05) is 13.1 Å². The van der Waals surface area contributed by atoms with Crippen molar-refractivity contribution in [2.75, 3.05) is 19.0 Å². The van der Waals surface area contributed by atoms with Gasteiger partial charge in [-0.2, -0.15) is 5.10 Å². The van der Waals surface area contributed by atoms with Gasteiger partial charge in [-0.15, -0.1) is 0 Å². The predicted octanol–water partition coefficient (Wildman–Crippen LogP) is 3.51. The summed E-state index contributed by atoms with van der Waals surface area (Å²) in [5, 5.41) is 7.32. The number of methoxy groups -OCH3 is 1. The summed E-state index contributed by atoms with van der Waals surface area (Å²) in [6.07, 6.45) is 2.56. The summed E-state index contributed by atoms with van der Waals surface area (Å²) in [6, 6.07) is 5.78.